The van der Waals surface area contributed by atoms with E-state index in [-0.39, 0.29) is 30.3 Å². The minimum absolute atomic E-state index is 0.0290. The van der Waals surface area contributed by atoms with Crippen molar-refractivity contribution in [2.45, 2.75) is 43.4 Å². The molecule has 174 valence electrons. The van der Waals surface area contributed by atoms with Crippen LogP contribution in [0.15, 0.2) is 60.7 Å². The Bertz CT molecular complexity index is 1280. The molecule has 3 aliphatic rings. The molecule has 3 unspecified atom stereocenters. The van der Waals surface area contributed by atoms with E-state index in [4.69, 9.17) is 0 Å². The number of benzene rings is 3. The van der Waals surface area contributed by atoms with E-state index in [1.165, 1.54) is 16.3 Å². The standard InChI is InChI=1S/C28H29N3O3/c1-29-24(32)16-22-19-8-2-3-11-23(19)31(28(22)34)18-12-14-30(15-13-18)26-20-9-4-6-17-7-5-10-21(25(17)20)27(26)33/h2-11,18,22,26-27,33H,12-16H2,1H3,(H,29,32). The molecule has 0 radical (unpaired) electrons. The molecule has 6 rings (SSSR count). The van der Waals surface area contributed by atoms with Crippen molar-refractivity contribution >= 4 is 28.3 Å². The van der Waals surface area contributed by atoms with E-state index in [9.17, 15) is 14.7 Å². The minimum atomic E-state index is -0.538. The van der Waals surface area contributed by atoms with Gasteiger partial charge in [-0.1, -0.05) is 54.6 Å². The summed E-state index contributed by atoms with van der Waals surface area (Å²) in [6, 6.07) is 20.4. The van der Waals surface area contributed by atoms with Crippen LogP contribution in [0.5, 0.6) is 0 Å². The van der Waals surface area contributed by atoms with Gasteiger partial charge in [-0.3, -0.25) is 14.5 Å². The Kier molecular flexibility index (Phi) is 5.15. The number of carbonyl (C=O) groups excluding carboxylic acids is 2. The Balaban J connectivity index is 1.23. The fourth-order valence-electron chi connectivity index (χ4n) is 6.33. The maximum atomic E-state index is 13.5. The van der Waals surface area contributed by atoms with Crippen molar-refractivity contribution in [1.29, 1.82) is 0 Å². The van der Waals surface area contributed by atoms with Crippen LogP contribution in [-0.4, -0.2) is 48.0 Å². The van der Waals surface area contributed by atoms with Crippen LogP contribution in [0, 0.1) is 0 Å². The summed E-state index contributed by atoms with van der Waals surface area (Å²) in [4.78, 5) is 29.9. The van der Waals surface area contributed by atoms with Gasteiger partial charge in [0.05, 0.1) is 18.1 Å². The first kappa shape index (κ1) is 21.3. The fraction of sp³-hybridized carbons (Fsp3) is 0.357. The van der Waals surface area contributed by atoms with Gasteiger partial charge < -0.3 is 15.3 Å². The third kappa shape index (κ3) is 3.16. The number of aliphatic hydroxyl groups is 1. The Labute approximate surface area is 199 Å². The zero-order chi connectivity index (χ0) is 23.4. The average Bonchev–Trinajstić information content (AvgIpc) is 3.31. The molecule has 0 bridgehead atoms. The van der Waals surface area contributed by atoms with Gasteiger partial charge in [-0.15, -0.1) is 0 Å². The summed E-state index contributed by atoms with van der Waals surface area (Å²) in [5, 5.41) is 16.2. The highest BCUT2D eigenvalue weighted by Crippen LogP contribution is 2.48. The van der Waals surface area contributed by atoms with Gasteiger partial charge in [0.2, 0.25) is 11.8 Å². The van der Waals surface area contributed by atoms with Gasteiger partial charge >= 0.3 is 0 Å². The summed E-state index contributed by atoms with van der Waals surface area (Å²) in [6.07, 6.45) is 1.31. The Morgan fingerprint density at radius 3 is 2.38 bits per heavy atom. The second kappa shape index (κ2) is 8.22. The molecule has 2 heterocycles. The number of fused-ring (bicyclic) bond motifs is 1. The van der Waals surface area contributed by atoms with Gasteiger partial charge in [-0.25, -0.2) is 0 Å². The molecule has 1 aliphatic carbocycles. The number of amides is 2. The number of rotatable bonds is 4. The van der Waals surface area contributed by atoms with Gasteiger partial charge in [0.25, 0.3) is 0 Å². The maximum Gasteiger partial charge on any atom is 0.235 e. The SMILES string of the molecule is CNC(=O)CC1C(=O)N(C2CCN(C3c4cccc5cccc(c45)C3O)CC2)c2ccccc21. The lowest BCUT2D eigenvalue weighted by Crippen LogP contribution is -2.48. The lowest BCUT2D eigenvalue weighted by Gasteiger charge is -2.41. The molecule has 2 N–H and O–H groups in total. The summed E-state index contributed by atoms with van der Waals surface area (Å²) in [5.41, 5.74) is 4.11. The van der Waals surface area contributed by atoms with Gasteiger partial charge in [-0.2, -0.15) is 0 Å². The lowest BCUT2D eigenvalue weighted by atomic mass is 9.96. The number of nitrogens with one attached hydrogen (secondary N) is 1. The van der Waals surface area contributed by atoms with Gasteiger partial charge in [-0.05, 0) is 46.4 Å². The molecular formula is C28H29N3O3. The second-order valence-corrected chi connectivity index (χ2v) is 9.65. The lowest BCUT2D eigenvalue weighted by molar-refractivity contribution is -0.126. The van der Waals surface area contributed by atoms with Crippen LogP contribution in [0.3, 0.4) is 0 Å². The van der Waals surface area contributed by atoms with E-state index in [1.54, 1.807) is 7.05 Å². The van der Waals surface area contributed by atoms with Crippen LogP contribution < -0.4 is 10.2 Å². The largest absolute Gasteiger partial charge is 0.386 e. The van der Waals surface area contributed by atoms with Crippen molar-refractivity contribution in [3.05, 3.63) is 77.4 Å². The number of piperidine rings is 1. The molecule has 3 atom stereocenters. The second-order valence-electron chi connectivity index (χ2n) is 9.65. The highest BCUT2D eigenvalue weighted by atomic mass is 16.3. The van der Waals surface area contributed by atoms with Crippen molar-refractivity contribution in [3.8, 4) is 0 Å². The molecular weight excluding hydrogens is 426 g/mol. The van der Waals surface area contributed by atoms with Gasteiger partial charge in [0.1, 0.15) is 0 Å². The molecule has 0 spiro atoms. The van der Waals surface area contributed by atoms with Crippen molar-refractivity contribution in [1.82, 2.24) is 10.2 Å². The molecule has 2 amide bonds. The number of carbonyl (C=O) groups is 2. The van der Waals surface area contributed by atoms with E-state index < -0.39 is 12.0 Å². The fourth-order valence-corrected chi connectivity index (χ4v) is 6.33. The number of hydrogen-bond acceptors (Lipinski definition) is 4. The van der Waals surface area contributed by atoms with Crippen LogP contribution in [-0.2, 0) is 9.59 Å². The van der Waals surface area contributed by atoms with Crippen molar-refractivity contribution in [3.63, 3.8) is 0 Å². The molecule has 0 saturated carbocycles. The summed E-state index contributed by atoms with van der Waals surface area (Å²) in [5.74, 6) is -0.506. The van der Waals surface area contributed by atoms with Crippen LogP contribution >= 0.6 is 0 Å². The molecule has 6 heteroatoms. The highest BCUT2D eigenvalue weighted by molar-refractivity contribution is 6.07. The number of hydrogen-bond donors (Lipinski definition) is 2. The van der Waals surface area contributed by atoms with Gasteiger partial charge in [0, 0.05) is 38.3 Å². The molecule has 1 saturated heterocycles. The topological polar surface area (TPSA) is 72.9 Å². The van der Waals surface area contributed by atoms with Crippen LogP contribution in [0.25, 0.3) is 10.8 Å². The molecule has 1 fully saturated rings. The third-order valence-corrected chi connectivity index (χ3v) is 7.94. The number of anilines is 1. The summed E-state index contributed by atoms with van der Waals surface area (Å²) >= 11 is 0. The summed E-state index contributed by atoms with van der Waals surface area (Å²) in [7, 11) is 1.61. The van der Waals surface area contributed by atoms with Crippen LogP contribution in [0.1, 0.15) is 54.0 Å². The zero-order valence-corrected chi connectivity index (χ0v) is 19.3. The van der Waals surface area contributed by atoms with Crippen LogP contribution in [0.2, 0.25) is 0 Å². The zero-order valence-electron chi connectivity index (χ0n) is 19.3. The summed E-state index contributed by atoms with van der Waals surface area (Å²) in [6.45, 7) is 1.62. The Morgan fingerprint density at radius 1 is 0.971 bits per heavy atom. The molecule has 3 aromatic carbocycles. The predicted octanol–water partition coefficient (Wildman–Crippen LogP) is 3.66. The first-order valence-corrected chi connectivity index (χ1v) is 12.1. The molecule has 6 nitrogen and oxygen atoms in total. The smallest absolute Gasteiger partial charge is 0.235 e. The Hall–Kier alpha value is -3.22. The quantitative estimate of drug-likeness (QED) is 0.630. The number of nitrogens with zero attached hydrogens (tertiary/aromatic N) is 2. The number of para-hydroxylation sites is 1. The normalized spacial score (nSPS) is 24.6. The van der Waals surface area contributed by atoms with E-state index in [0.29, 0.717) is 0 Å². The number of aliphatic hydroxyl groups excluding tert-OH is 1. The monoisotopic (exact) mass is 455 g/mol. The minimum Gasteiger partial charge on any atom is -0.386 e. The first-order chi connectivity index (χ1) is 16.6. The Morgan fingerprint density at radius 2 is 1.65 bits per heavy atom. The van der Waals surface area contributed by atoms with Crippen molar-refractivity contribution in [2.24, 2.45) is 0 Å². The highest BCUT2D eigenvalue weighted by Gasteiger charge is 2.44. The molecule has 0 aromatic heterocycles. The van der Waals surface area contributed by atoms with E-state index in [1.807, 2.05) is 41.3 Å². The van der Waals surface area contributed by atoms with E-state index >= 15 is 0 Å². The van der Waals surface area contributed by atoms with E-state index in [2.05, 4.69) is 34.5 Å². The first-order valence-electron chi connectivity index (χ1n) is 12.1. The predicted molar refractivity (Wildman–Crippen MR) is 132 cm³/mol. The maximum absolute atomic E-state index is 13.5. The van der Waals surface area contributed by atoms with Crippen molar-refractivity contribution in [2.75, 3.05) is 25.0 Å². The average molecular weight is 456 g/mol. The van der Waals surface area contributed by atoms with Crippen molar-refractivity contribution < 1.29 is 14.7 Å². The van der Waals surface area contributed by atoms with Gasteiger partial charge in [0.15, 0.2) is 0 Å². The molecule has 34 heavy (non-hydrogen) atoms. The van der Waals surface area contributed by atoms with E-state index in [0.717, 1.165) is 42.7 Å². The molecule has 2 aliphatic heterocycles. The number of likely N-dealkylation sites (tertiary alicyclic amines) is 1. The third-order valence-electron chi connectivity index (χ3n) is 7.94. The molecule has 3 aromatic rings. The summed E-state index contributed by atoms with van der Waals surface area (Å²) < 4.78 is 0. The van der Waals surface area contributed by atoms with Crippen LogP contribution in [0.4, 0.5) is 5.69 Å².